The lowest BCUT2D eigenvalue weighted by Gasteiger charge is -2.34. The lowest BCUT2D eigenvalue weighted by molar-refractivity contribution is -0.384. The molecule has 33 heavy (non-hydrogen) atoms. The smallest absolute Gasteiger partial charge is 0.269 e. The van der Waals surface area contributed by atoms with Gasteiger partial charge < -0.3 is 23.7 Å². The number of aldehydes is 1. The number of benzene rings is 2. The number of hydrogen-bond donors (Lipinski definition) is 0. The minimum atomic E-state index is -0.483. The van der Waals surface area contributed by atoms with Crippen LogP contribution in [0.1, 0.15) is 22.9 Å². The Bertz CT molecular complexity index is 1220. The molecule has 3 aromatic rings. The Morgan fingerprint density at radius 2 is 1.88 bits per heavy atom. The SMILES string of the molecule is COc1ccc(CN2C=C(Cc3ccc([N+](=O)[O-])cc3)n3cc(Br)cc3C2C=O)c(OC)c1. The van der Waals surface area contributed by atoms with Gasteiger partial charge in [0.15, 0.2) is 0 Å². The molecule has 1 aliphatic heterocycles. The second-order valence-electron chi connectivity index (χ2n) is 7.60. The number of rotatable bonds is 8. The Hall–Kier alpha value is -3.59. The van der Waals surface area contributed by atoms with E-state index < -0.39 is 11.0 Å². The second-order valence-corrected chi connectivity index (χ2v) is 8.52. The number of methoxy groups -OCH3 is 2. The van der Waals surface area contributed by atoms with E-state index in [1.807, 2.05) is 46.1 Å². The summed E-state index contributed by atoms with van der Waals surface area (Å²) in [5.74, 6) is 1.36. The van der Waals surface area contributed by atoms with Gasteiger partial charge >= 0.3 is 0 Å². The van der Waals surface area contributed by atoms with E-state index >= 15 is 0 Å². The summed E-state index contributed by atoms with van der Waals surface area (Å²) in [7, 11) is 3.20. The quantitative estimate of drug-likeness (QED) is 0.241. The number of nitro groups is 1. The van der Waals surface area contributed by atoms with Gasteiger partial charge in [-0.3, -0.25) is 10.1 Å². The summed E-state index contributed by atoms with van der Waals surface area (Å²) in [6.07, 6.45) is 5.35. The highest BCUT2D eigenvalue weighted by Crippen LogP contribution is 2.36. The fourth-order valence-electron chi connectivity index (χ4n) is 3.97. The predicted octanol–water partition coefficient (Wildman–Crippen LogP) is 4.97. The summed E-state index contributed by atoms with van der Waals surface area (Å²) in [6, 6.07) is 13.5. The number of ether oxygens (including phenoxy) is 2. The molecular formula is C24H22BrN3O5. The average molecular weight is 512 g/mol. The Balaban J connectivity index is 1.70. The van der Waals surface area contributed by atoms with Crippen LogP contribution >= 0.6 is 15.9 Å². The highest BCUT2D eigenvalue weighted by atomic mass is 79.9. The number of halogens is 1. The van der Waals surface area contributed by atoms with Gasteiger partial charge in [-0.15, -0.1) is 0 Å². The van der Waals surface area contributed by atoms with Gasteiger partial charge in [-0.05, 0) is 39.7 Å². The molecule has 0 spiro atoms. The minimum Gasteiger partial charge on any atom is -0.497 e. The summed E-state index contributed by atoms with van der Waals surface area (Å²) in [6.45, 7) is 0.448. The molecule has 1 aliphatic rings. The number of carbonyl (C=O) groups excluding carboxylic acids is 1. The molecule has 4 rings (SSSR count). The number of fused-ring (bicyclic) bond motifs is 1. The van der Waals surface area contributed by atoms with Crippen molar-refractivity contribution >= 4 is 33.6 Å². The van der Waals surface area contributed by atoms with Crippen LogP contribution in [0.2, 0.25) is 0 Å². The molecule has 2 heterocycles. The highest BCUT2D eigenvalue weighted by Gasteiger charge is 2.28. The van der Waals surface area contributed by atoms with E-state index in [4.69, 9.17) is 9.47 Å². The first-order valence-corrected chi connectivity index (χ1v) is 11.0. The monoisotopic (exact) mass is 511 g/mol. The number of aromatic nitrogens is 1. The lowest BCUT2D eigenvalue weighted by atomic mass is 10.0. The Labute approximate surface area is 199 Å². The molecule has 1 aromatic heterocycles. The number of hydrogen-bond acceptors (Lipinski definition) is 6. The number of nitro benzene ring substituents is 1. The van der Waals surface area contributed by atoms with Crippen molar-refractivity contribution in [1.82, 2.24) is 9.47 Å². The summed E-state index contributed by atoms with van der Waals surface area (Å²) in [4.78, 5) is 24.7. The van der Waals surface area contributed by atoms with Crippen molar-refractivity contribution in [2.24, 2.45) is 0 Å². The molecule has 0 amide bonds. The molecule has 9 heteroatoms. The number of carbonyl (C=O) groups is 1. The maximum atomic E-state index is 12.1. The van der Waals surface area contributed by atoms with Crippen LogP contribution in [0.3, 0.4) is 0 Å². The first-order valence-electron chi connectivity index (χ1n) is 10.2. The van der Waals surface area contributed by atoms with Crippen LogP contribution in [-0.4, -0.2) is 34.9 Å². The van der Waals surface area contributed by atoms with Gasteiger partial charge in [-0.25, -0.2) is 0 Å². The zero-order valence-electron chi connectivity index (χ0n) is 18.1. The van der Waals surface area contributed by atoms with Gasteiger partial charge in [0.1, 0.15) is 23.8 Å². The van der Waals surface area contributed by atoms with Crippen LogP contribution in [0.25, 0.3) is 5.70 Å². The third-order valence-electron chi connectivity index (χ3n) is 5.61. The summed E-state index contributed by atoms with van der Waals surface area (Å²) < 4.78 is 13.7. The van der Waals surface area contributed by atoms with Crippen molar-refractivity contribution in [3.8, 4) is 11.5 Å². The molecule has 0 fully saturated rings. The van der Waals surface area contributed by atoms with Crippen LogP contribution in [0.4, 0.5) is 5.69 Å². The van der Waals surface area contributed by atoms with Crippen molar-refractivity contribution in [2.75, 3.05) is 14.2 Å². The minimum absolute atomic E-state index is 0.0509. The Morgan fingerprint density at radius 1 is 1.12 bits per heavy atom. The van der Waals surface area contributed by atoms with Gasteiger partial charge in [0.2, 0.25) is 0 Å². The predicted molar refractivity (Wildman–Crippen MR) is 127 cm³/mol. The van der Waals surface area contributed by atoms with Gasteiger partial charge in [0.05, 0.1) is 24.8 Å². The van der Waals surface area contributed by atoms with E-state index in [2.05, 4.69) is 15.9 Å². The standard InChI is InChI=1S/C24H22BrN3O5/c1-32-21-8-5-17(24(11-21)33-2)12-26-14-20(9-16-3-6-19(7-4-16)28(30)31)27-13-18(25)10-22(27)23(26)15-29/h3-8,10-11,13-15,23H,9,12H2,1-2H3. The molecule has 2 aromatic carbocycles. The van der Waals surface area contributed by atoms with E-state index in [1.165, 1.54) is 12.1 Å². The van der Waals surface area contributed by atoms with Crippen molar-refractivity contribution in [2.45, 2.75) is 19.0 Å². The second kappa shape index (κ2) is 9.50. The highest BCUT2D eigenvalue weighted by molar-refractivity contribution is 9.10. The van der Waals surface area contributed by atoms with E-state index in [9.17, 15) is 14.9 Å². The van der Waals surface area contributed by atoms with E-state index in [-0.39, 0.29) is 5.69 Å². The van der Waals surface area contributed by atoms with Crippen molar-refractivity contribution in [1.29, 1.82) is 0 Å². The van der Waals surface area contributed by atoms with E-state index in [1.54, 1.807) is 26.4 Å². The van der Waals surface area contributed by atoms with E-state index in [0.717, 1.165) is 33.3 Å². The number of non-ortho nitro benzene ring substituents is 1. The molecule has 1 unspecified atom stereocenters. The van der Waals surface area contributed by atoms with Crippen molar-refractivity contribution in [3.63, 3.8) is 0 Å². The van der Waals surface area contributed by atoms with Crippen LogP contribution < -0.4 is 9.47 Å². The fourth-order valence-corrected chi connectivity index (χ4v) is 4.41. The first-order chi connectivity index (χ1) is 15.9. The van der Waals surface area contributed by atoms with Crippen molar-refractivity contribution < 1.29 is 19.2 Å². The van der Waals surface area contributed by atoms with Crippen LogP contribution in [-0.2, 0) is 17.8 Å². The van der Waals surface area contributed by atoms with Gasteiger partial charge in [0.25, 0.3) is 5.69 Å². The third kappa shape index (κ3) is 4.63. The number of nitrogens with zero attached hydrogens (tertiary/aromatic N) is 3. The normalized spacial score (nSPS) is 14.9. The third-order valence-corrected chi connectivity index (χ3v) is 6.04. The summed E-state index contributed by atoms with van der Waals surface area (Å²) in [5.41, 5.74) is 3.67. The van der Waals surface area contributed by atoms with Crippen molar-refractivity contribution in [3.05, 3.63) is 92.3 Å². The lowest BCUT2D eigenvalue weighted by Crippen LogP contribution is -2.31. The summed E-state index contributed by atoms with van der Waals surface area (Å²) >= 11 is 3.52. The van der Waals surface area contributed by atoms with Gasteiger partial charge in [0, 0.05) is 59.3 Å². The average Bonchev–Trinajstić information content (AvgIpc) is 3.21. The molecular weight excluding hydrogens is 490 g/mol. The van der Waals surface area contributed by atoms with Gasteiger partial charge in [-0.2, -0.15) is 0 Å². The molecule has 0 N–H and O–H groups in total. The molecule has 1 atom stereocenters. The summed E-state index contributed by atoms with van der Waals surface area (Å²) in [5, 5.41) is 11.0. The zero-order chi connectivity index (χ0) is 23.5. The molecule has 0 saturated carbocycles. The van der Waals surface area contributed by atoms with Crippen LogP contribution in [0.5, 0.6) is 11.5 Å². The molecule has 0 bridgehead atoms. The molecule has 0 aliphatic carbocycles. The fraction of sp³-hybridized carbons (Fsp3) is 0.208. The maximum Gasteiger partial charge on any atom is 0.269 e. The Kier molecular flexibility index (Phi) is 6.50. The van der Waals surface area contributed by atoms with E-state index in [0.29, 0.717) is 24.5 Å². The topological polar surface area (TPSA) is 86.8 Å². The zero-order valence-corrected chi connectivity index (χ0v) is 19.7. The molecule has 8 nitrogen and oxygen atoms in total. The molecule has 0 radical (unpaired) electrons. The Morgan fingerprint density at radius 3 is 2.52 bits per heavy atom. The first kappa shape index (κ1) is 22.6. The van der Waals surface area contributed by atoms with Crippen LogP contribution in [0, 0.1) is 10.1 Å². The molecule has 170 valence electrons. The van der Waals surface area contributed by atoms with Crippen LogP contribution in [0.15, 0.2) is 65.4 Å². The molecule has 0 saturated heterocycles. The largest absolute Gasteiger partial charge is 0.497 e. The van der Waals surface area contributed by atoms with Gasteiger partial charge in [-0.1, -0.05) is 12.1 Å². The maximum absolute atomic E-state index is 12.1. The number of allylic oxidation sites excluding steroid dienone is 1.